The van der Waals surface area contributed by atoms with Gasteiger partial charge in [-0.15, -0.1) is 0 Å². The molecule has 1 aromatic carbocycles. The number of aliphatic hydroxyl groups is 1. The van der Waals surface area contributed by atoms with E-state index < -0.39 is 0 Å². The Bertz CT molecular complexity index is 229. The van der Waals surface area contributed by atoms with E-state index in [0.29, 0.717) is 0 Å². The summed E-state index contributed by atoms with van der Waals surface area (Å²) >= 11 is 0. The zero-order valence-electron chi connectivity index (χ0n) is 10.4. The lowest BCUT2D eigenvalue weighted by molar-refractivity contribution is 0.281. The number of aliphatic hydroxyl groups excluding tert-OH is 1. The predicted molar refractivity (Wildman–Crippen MR) is 64.5 cm³/mol. The first-order valence-electron chi connectivity index (χ1n) is 5.41. The van der Waals surface area contributed by atoms with Crippen molar-refractivity contribution in [2.45, 2.75) is 48.1 Å². The van der Waals surface area contributed by atoms with E-state index in [0.717, 1.165) is 11.1 Å². The van der Waals surface area contributed by atoms with Crippen molar-refractivity contribution in [2.24, 2.45) is 0 Å². The number of benzene rings is 1. The fraction of sp³-hybridized carbons (Fsp3) is 0.538. The Morgan fingerprint density at radius 1 is 1.00 bits per heavy atom. The van der Waals surface area contributed by atoms with Gasteiger partial charge in [0.2, 0.25) is 0 Å². The predicted octanol–water partition coefficient (Wildman–Crippen LogP) is 3.85. The van der Waals surface area contributed by atoms with Gasteiger partial charge in [-0.3, -0.25) is 0 Å². The van der Waals surface area contributed by atoms with Crippen molar-refractivity contribution < 1.29 is 5.11 Å². The second-order valence-electron chi connectivity index (χ2n) is 2.59. The van der Waals surface area contributed by atoms with Crippen LogP contribution in [0.4, 0.5) is 0 Å². The molecule has 1 N–H and O–H groups in total. The topological polar surface area (TPSA) is 20.2 Å². The molecule has 0 saturated carbocycles. The molecule has 1 nitrogen and oxygen atoms in total. The number of hydrogen-bond acceptors (Lipinski definition) is 1. The summed E-state index contributed by atoms with van der Waals surface area (Å²) in [5.41, 5.74) is 3.39. The molecule has 1 heteroatoms. The van der Waals surface area contributed by atoms with Gasteiger partial charge in [-0.1, -0.05) is 51.5 Å². The van der Waals surface area contributed by atoms with E-state index in [1.807, 2.05) is 53.7 Å². The lowest BCUT2D eigenvalue weighted by Gasteiger charge is -2.01. The molecule has 1 rings (SSSR count). The third kappa shape index (κ3) is 5.76. The minimum absolute atomic E-state index is 0.146. The molecule has 0 unspecified atom stereocenters. The van der Waals surface area contributed by atoms with Crippen LogP contribution in [0.25, 0.3) is 0 Å². The Balaban J connectivity index is 0. The first kappa shape index (κ1) is 15.6. The molecule has 0 amide bonds. The molecule has 0 bridgehead atoms. The van der Waals surface area contributed by atoms with Gasteiger partial charge in [-0.25, -0.2) is 0 Å². The van der Waals surface area contributed by atoms with Crippen LogP contribution < -0.4 is 0 Å². The van der Waals surface area contributed by atoms with Gasteiger partial charge >= 0.3 is 0 Å². The van der Waals surface area contributed by atoms with Crippen molar-refractivity contribution in [1.29, 1.82) is 0 Å². The van der Waals surface area contributed by atoms with E-state index in [9.17, 15) is 0 Å². The summed E-state index contributed by atoms with van der Waals surface area (Å²) < 4.78 is 0. The highest BCUT2D eigenvalue weighted by Gasteiger charge is 1.94. The minimum atomic E-state index is 0.146. The van der Waals surface area contributed by atoms with Crippen LogP contribution in [0, 0.1) is 13.8 Å². The monoisotopic (exact) mass is 196 g/mol. The number of aryl methyl sites for hydroxylation is 2. The van der Waals surface area contributed by atoms with Gasteiger partial charge in [0.05, 0.1) is 6.61 Å². The SMILES string of the molecule is CC.CC.Cc1ccc(C)c(CO)c1. The van der Waals surface area contributed by atoms with Crippen LogP contribution in [-0.4, -0.2) is 5.11 Å². The molecule has 0 aliphatic carbocycles. The summed E-state index contributed by atoms with van der Waals surface area (Å²) in [5, 5.41) is 8.84. The Hall–Kier alpha value is -0.820. The van der Waals surface area contributed by atoms with E-state index in [-0.39, 0.29) is 6.61 Å². The van der Waals surface area contributed by atoms with Gasteiger partial charge in [0, 0.05) is 0 Å². The summed E-state index contributed by atoms with van der Waals surface area (Å²) in [7, 11) is 0. The maximum absolute atomic E-state index is 8.84. The molecule has 0 aliphatic rings. The number of hydrogen-bond donors (Lipinski definition) is 1. The van der Waals surface area contributed by atoms with Gasteiger partial charge in [0.25, 0.3) is 0 Å². The van der Waals surface area contributed by atoms with Gasteiger partial charge < -0.3 is 5.11 Å². The molecule has 0 spiro atoms. The third-order valence-corrected chi connectivity index (χ3v) is 1.67. The van der Waals surface area contributed by atoms with Gasteiger partial charge in [-0.2, -0.15) is 0 Å². The lowest BCUT2D eigenvalue weighted by Crippen LogP contribution is -1.88. The Kier molecular flexibility index (Phi) is 11.5. The Morgan fingerprint density at radius 3 is 1.86 bits per heavy atom. The highest BCUT2D eigenvalue weighted by Crippen LogP contribution is 2.09. The standard InChI is InChI=1S/C9H12O.2C2H6/c1-7-3-4-8(2)9(5-7)6-10;2*1-2/h3-5,10H,6H2,1-2H3;2*1-2H3. The average molecular weight is 196 g/mol. The van der Waals surface area contributed by atoms with Crippen LogP contribution in [0.2, 0.25) is 0 Å². The fourth-order valence-electron chi connectivity index (χ4n) is 0.971. The van der Waals surface area contributed by atoms with Crippen LogP contribution in [0.3, 0.4) is 0 Å². The molecule has 0 radical (unpaired) electrons. The van der Waals surface area contributed by atoms with Gasteiger partial charge in [-0.05, 0) is 25.0 Å². The normalized spacial score (nSPS) is 7.93. The largest absolute Gasteiger partial charge is 0.392 e. The fourth-order valence-corrected chi connectivity index (χ4v) is 0.971. The molecule has 1 aromatic rings. The van der Waals surface area contributed by atoms with Crippen molar-refractivity contribution in [2.75, 3.05) is 0 Å². The summed E-state index contributed by atoms with van der Waals surface area (Å²) in [6.07, 6.45) is 0. The van der Waals surface area contributed by atoms with Crippen molar-refractivity contribution in [3.63, 3.8) is 0 Å². The molecule has 14 heavy (non-hydrogen) atoms. The van der Waals surface area contributed by atoms with Crippen LogP contribution in [-0.2, 0) is 6.61 Å². The Morgan fingerprint density at radius 2 is 1.50 bits per heavy atom. The zero-order chi connectivity index (χ0) is 11.6. The van der Waals surface area contributed by atoms with E-state index in [1.54, 1.807) is 0 Å². The van der Waals surface area contributed by atoms with Crippen molar-refractivity contribution in [3.8, 4) is 0 Å². The highest BCUT2D eigenvalue weighted by atomic mass is 16.3. The van der Waals surface area contributed by atoms with Crippen LogP contribution in [0.5, 0.6) is 0 Å². The second kappa shape index (κ2) is 10.3. The van der Waals surface area contributed by atoms with Crippen LogP contribution in [0.1, 0.15) is 44.4 Å². The van der Waals surface area contributed by atoms with E-state index >= 15 is 0 Å². The molecule has 0 fully saturated rings. The molecule has 0 heterocycles. The van der Waals surface area contributed by atoms with Crippen molar-refractivity contribution in [1.82, 2.24) is 0 Å². The van der Waals surface area contributed by atoms with Gasteiger partial charge in [0.1, 0.15) is 0 Å². The first-order valence-corrected chi connectivity index (χ1v) is 5.41. The maximum Gasteiger partial charge on any atom is 0.0684 e. The highest BCUT2D eigenvalue weighted by molar-refractivity contribution is 5.29. The minimum Gasteiger partial charge on any atom is -0.392 e. The first-order chi connectivity index (χ1) is 6.74. The molecule has 0 atom stereocenters. The molecular formula is C13H24O. The average Bonchev–Trinajstić information content (AvgIpc) is 2.27. The third-order valence-electron chi connectivity index (χ3n) is 1.67. The quantitative estimate of drug-likeness (QED) is 0.723. The van der Waals surface area contributed by atoms with E-state index in [2.05, 4.69) is 6.07 Å². The molecule has 0 aliphatic heterocycles. The number of rotatable bonds is 1. The maximum atomic E-state index is 8.84. The summed E-state index contributed by atoms with van der Waals surface area (Å²) in [6.45, 7) is 12.2. The molecule has 0 aromatic heterocycles. The van der Waals surface area contributed by atoms with Crippen molar-refractivity contribution in [3.05, 3.63) is 34.9 Å². The summed E-state index contributed by atoms with van der Waals surface area (Å²) in [6, 6.07) is 6.09. The smallest absolute Gasteiger partial charge is 0.0684 e. The van der Waals surface area contributed by atoms with Crippen LogP contribution >= 0.6 is 0 Å². The van der Waals surface area contributed by atoms with Crippen molar-refractivity contribution >= 4 is 0 Å². The second-order valence-corrected chi connectivity index (χ2v) is 2.59. The van der Waals surface area contributed by atoms with Gasteiger partial charge in [0.15, 0.2) is 0 Å². The Labute approximate surface area is 88.8 Å². The molecule has 0 saturated heterocycles. The summed E-state index contributed by atoms with van der Waals surface area (Å²) in [4.78, 5) is 0. The molecular weight excluding hydrogens is 172 g/mol. The zero-order valence-corrected chi connectivity index (χ0v) is 10.4. The summed E-state index contributed by atoms with van der Waals surface area (Å²) in [5.74, 6) is 0. The molecule has 82 valence electrons. The van der Waals surface area contributed by atoms with E-state index in [4.69, 9.17) is 5.11 Å². The lowest BCUT2D eigenvalue weighted by atomic mass is 10.1. The van der Waals surface area contributed by atoms with Crippen LogP contribution in [0.15, 0.2) is 18.2 Å². The van der Waals surface area contributed by atoms with E-state index in [1.165, 1.54) is 5.56 Å².